The molecule has 0 saturated heterocycles. The second kappa shape index (κ2) is 7.12. The van der Waals surface area contributed by atoms with Gasteiger partial charge < -0.3 is 0 Å². The summed E-state index contributed by atoms with van der Waals surface area (Å²) in [5.74, 6) is 0.323. The van der Waals surface area contributed by atoms with E-state index in [1.807, 2.05) is 0 Å². The third-order valence-corrected chi connectivity index (χ3v) is 13.3. The zero-order chi connectivity index (χ0) is 18.9. The molecule has 140 valence electrons. The summed E-state index contributed by atoms with van der Waals surface area (Å²) in [6.45, 7) is 3.51. The van der Waals surface area contributed by atoms with Crippen LogP contribution in [0, 0.1) is 7.14 Å². The standard InChI is InChI=1S/C16H17F3IO4S/c1-12(2)24-15-10-8-14(9-11-15)20(19,13-6-4-3-5-7-13)16(17,18)25(21,22)23/h3-12H,1-2H3,(H,21,22,23)/q-1/p-1. The number of rotatable bonds is 6. The fourth-order valence-corrected chi connectivity index (χ4v) is 10.7. The van der Waals surface area contributed by atoms with E-state index in [0.717, 1.165) is 24.3 Å². The minimum atomic E-state index is -6.27. The number of hydrogen-bond acceptors (Lipinski definition) is 4. The van der Waals surface area contributed by atoms with Gasteiger partial charge in [-0.2, -0.15) is 0 Å². The quantitative estimate of drug-likeness (QED) is 0.341. The molecule has 0 aliphatic rings. The van der Waals surface area contributed by atoms with Gasteiger partial charge >= 0.3 is 149 Å². The molecule has 0 spiro atoms. The summed E-state index contributed by atoms with van der Waals surface area (Å²) < 4.78 is 77.4. The van der Waals surface area contributed by atoms with Gasteiger partial charge in [-0.3, -0.25) is 0 Å². The van der Waals surface area contributed by atoms with E-state index in [1.54, 1.807) is 13.8 Å². The van der Waals surface area contributed by atoms with Crippen LogP contribution in [0.3, 0.4) is 0 Å². The van der Waals surface area contributed by atoms with E-state index in [9.17, 15) is 21.8 Å². The normalized spacial score (nSPS) is 16.3. The molecule has 2 aromatic carbocycles. The maximum absolute atomic E-state index is 15.7. The Morgan fingerprint density at radius 2 is 1.48 bits per heavy atom. The van der Waals surface area contributed by atoms with E-state index in [0.29, 0.717) is 5.75 Å². The maximum atomic E-state index is 15.7. The van der Waals surface area contributed by atoms with Crippen LogP contribution in [0.4, 0.5) is 11.6 Å². The van der Waals surface area contributed by atoms with E-state index >= 15 is 2.86 Å². The van der Waals surface area contributed by atoms with Crippen LogP contribution in [-0.2, 0) is 10.1 Å². The molecule has 2 rings (SSSR count). The van der Waals surface area contributed by atoms with Crippen molar-refractivity contribution in [1.29, 1.82) is 0 Å². The van der Waals surface area contributed by atoms with Crippen LogP contribution < -0.4 is 23.7 Å². The molecule has 0 saturated carbocycles. The molecule has 1 atom stereocenters. The average molecular weight is 488 g/mol. The predicted octanol–water partition coefficient (Wildman–Crippen LogP) is 0.654. The van der Waals surface area contributed by atoms with Crippen molar-refractivity contribution in [3.8, 4) is 5.75 Å². The molecule has 0 fully saturated rings. The van der Waals surface area contributed by atoms with Gasteiger partial charge in [-0.1, -0.05) is 0 Å². The van der Waals surface area contributed by atoms with E-state index in [4.69, 9.17) is 4.74 Å². The number of halogens is 4. The fourth-order valence-electron chi connectivity index (χ4n) is 2.06. The molecule has 9 heteroatoms. The van der Waals surface area contributed by atoms with Gasteiger partial charge in [-0.25, -0.2) is 0 Å². The molecule has 0 aliphatic carbocycles. The summed E-state index contributed by atoms with van der Waals surface area (Å²) in [7, 11) is -6.20. The van der Waals surface area contributed by atoms with Gasteiger partial charge in [0.15, 0.2) is 0 Å². The van der Waals surface area contributed by atoms with Crippen LogP contribution in [0.25, 0.3) is 0 Å². The molecule has 0 bridgehead atoms. The first-order valence-corrected chi connectivity index (χ1v) is 12.6. The van der Waals surface area contributed by atoms with Crippen molar-refractivity contribution in [3.63, 3.8) is 0 Å². The SMILES string of the molecule is CC(C)Oc1ccc([I-](F)(c2ccccc2)C(F)(F)S(=O)(=O)[O-])cc1. The fraction of sp³-hybridized carbons (Fsp3) is 0.250. The molecule has 1 unspecified atom stereocenters. The average Bonchev–Trinajstić information content (AvgIpc) is 2.54. The van der Waals surface area contributed by atoms with Crippen LogP contribution in [0.1, 0.15) is 13.8 Å². The molecule has 0 amide bonds. The van der Waals surface area contributed by atoms with E-state index in [-0.39, 0.29) is 6.10 Å². The van der Waals surface area contributed by atoms with Crippen molar-refractivity contribution in [2.75, 3.05) is 0 Å². The van der Waals surface area contributed by atoms with Crippen molar-refractivity contribution in [3.05, 3.63) is 61.7 Å². The number of benzene rings is 2. The summed E-state index contributed by atoms with van der Waals surface area (Å²) in [5, 5.41) is 0. The second-order valence-electron chi connectivity index (χ2n) is 5.31. The third kappa shape index (κ3) is 3.77. The van der Waals surface area contributed by atoms with Crippen molar-refractivity contribution in [2.24, 2.45) is 0 Å². The molecule has 2 aromatic rings. The van der Waals surface area contributed by atoms with E-state index in [1.165, 1.54) is 30.3 Å². The Morgan fingerprint density at radius 1 is 1.00 bits per heavy atom. The first-order valence-electron chi connectivity index (χ1n) is 7.12. The molecule has 0 aliphatic heterocycles. The molecular weight excluding hydrogens is 472 g/mol. The van der Waals surface area contributed by atoms with Crippen LogP contribution >= 0.6 is 0 Å². The summed E-state index contributed by atoms with van der Waals surface area (Å²) in [4.78, 5) is 0. The Balaban J connectivity index is 2.65. The molecule has 0 N–H and O–H groups in total. The summed E-state index contributed by atoms with van der Waals surface area (Å²) in [5.41, 5.74) is 0. The van der Waals surface area contributed by atoms with Crippen LogP contribution in [0.5, 0.6) is 5.75 Å². The van der Waals surface area contributed by atoms with Gasteiger partial charge in [0.2, 0.25) is 0 Å². The summed E-state index contributed by atoms with van der Waals surface area (Å²) in [6, 6.07) is 10.9. The third-order valence-electron chi connectivity index (χ3n) is 3.11. The van der Waals surface area contributed by atoms with Crippen molar-refractivity contribution >= 4 is 10.1 Å². The summed E-state index contributed by atoms with van der Waals surface area (Å²) in [6.07, 6.45) is -0.181. The molecular formula is C16H16F3IO4S-2. The Kier molecular flexibility index (Phi) is 5.69. The van der Waals surface area contributed by atoms with Gasteiger partial charge in [-0.05, 0) is 0 Å². The molecule has 0 radical (unpaired) electrons. The zero-order valence-corrected chi connectivity index (χ0v) is 16.3. The van der Waals surface area contributed by atoms with Crippen LogP contribution in [0.15, 0.2) is 54.6 Å². The Bertz CT molecular complexity index is 826. The van der Waals surface area contributed by atoms with Gasteiger partial charge in [0.1, 0.15) is 0 Å². The van der Waals surface area contributed by atoms with Gasteiger partial charge in [0.25, 0.3) is 0 Å². The monoisotopic (exact) mass is 488 g/mol. The van der Waals surface area contributed by atoms with Gasteiger partial charge in [-0.15, -0.1) is 0 Å². The zero-order valence-electron chi connectivity index (χ0n) is 13.3. The van der Waals surface area contributed by atoms with Crippen molar-refractivity contribution in [1.82, 2.24) is 0 Å². The summed E-state index contributed by atoms with van der Waals surface area (Å²) >= 11 is -6.27. The number of hydrogen-bond donors (Lipinski definition) is 0. The van der Waals surface area contributed by atoms with Crippen molar-refractivity contribution < 1.29 is 48.4 Å². The Hall–Kier alpha value is -1.33. The topological polar surface area (TPSA) is 66.4 Å². The first kappa shape index (κ1) is 20.0. The molecule has 0 aromatic heterocycles. The van der Waals surface area contributed by atoms with Crippen LogP contribution in [0.2, 0.25) is 0 Å². The van der Waals surface area contributed by atoms with E-state index < -0.39 is 39.5 Å². The van der Waals surface area contributed by atoms with Crippen molar-refractivity contribution in [2.45, 2.75) is 23.2 Å². The van der Waals surface area contributed by atoms with E-state index in [2.05, 4.69) is 0 Å². The van der Waals surface area contributed by atoms with Gasteiger partial charge in [0.05, 0.1) is 0 Å². The number of alkyl halides is 3. The Morgan fingerprint density at radius 3 is 1.92 bits per heavy atom. The molecule has 0 heterocycles. The van der Waals surface area contributed by atoms with Gasteiger partial charge in [0, 0.05) is 0 Å². The molecule has 4 nitrogen and oxygen atoms in total. The molecule has 25 heavy (non-hydrogen) atoms. The number of ether oxygens (including phenoxy) is 1. The predicted molar refractivity (Wildman–Crippen MR) is 81.8 cm³/mol. The first-order chi connectivity index (χ1) is 11.5. The second-order valence-corrected chi connectivity index (χ2v) is 14.2. The Labute approximate surface area is 149 Å². The minimum absolute atomic E-state index is 0.181. The van der Waals surface area contributed by atoms with Crippen LogP contribution in [-0.4, -0.2) is 22.3 Å².